The zero-order chi connectivity index (χ0) is 20.5. The first-order valence-electron chi connectivity index (χ1n) is 8.95. The number of ether oxygens (including phenoxy) is 3. The standard InChI is InChI=1S/C21H26N2O5/c1-5-28-17-11-7-6-10-16(17)21(25)22-13-19(24)23(2)14-15-9-8-12-18(26-3)20(15)27-4/h6-12H,5,13-14H2,1-4H3,(H,22,25). The number of carbonyl (C=O) groups is 2. The highest BCUT2D eigenvalue weighted by Gasteiger charge is 2.17. The second kappa shape index (κ2) is 10.2. The minimum absolute atomic E-state index is 0.123. The van der Waals surface area contributed by atoms with E-state index in [1.54, 1.807) is 51.6 Å². The molecule has 150 valence electrons. The number of likely N-dealkylation sites (N-methyl/N-ethyl adjacent to an activating group) is 1. The number of hydrogen-bond donors (Lipinski definition) is 1. The van der Waals surface area contributed by atoms with Crippen LogP contribution in [0.25, 0.3) is 0 Å². The lowest BCUT2D eigenvalue weighted by atomic mass is 10.1. The van der Waals surface area contributed by atoms with Crippen molar-refractivity contribution >= 4 is 11.8 Å². The Bertz CT molecular complexity index is 822. The van der Waals surface area contributed by atoms with Crippen molar-refractivity contribution in [3.63, 3.8) is 0 Å². The van der Waals surface area contributed by atoms with E-state index in [2.05, 4.69) is 5.32 Å². The van der Waals surface area contributed by atoms with Gasteiger partial charge in [-0.1, -0.05) is 24.3 Å². The van der Waals surface area contributed by atoms with Crippen LogP contribution in [0.4, 0.5) is 0 Å². The Morgan fingerprint density at radius 3 is 2.39 bits per heavy atom. The van der Waals surface area contributed by atoms with Crippen LogP contribution in [-0.4, -0.2) is 51.1 Å². The minimum Gasteiger partial charge on any atom is -0.493 e. The first-order valence-corrected chi connectivity index (χ1v) is 8.95. The maximum Gasteiger partial charge on any atom is 0.255 e. The van der Waals surface area contributed by atoms with Gasteiger partial charge in [0, 0.05) is 19.2 Å². The van der Waals surface area contributed by atoms with Crippen LogP contribution in [0.1, 0.15) is 22.8 Å². The van der Waals surface area contributed by atoms with Gasteiger partial charge >= 0.3 is 0 Å². The van der Waals surface area contributed by atoms with Crippen LogP contribution < -0.4 is 19.5 Å². The molecule has 0 heterocycles. The molecule has 7 heteroatoms. The van der Waals surface area contributed by atoms with Crippen molar-refractivity contribution in [2.24, 2.45) is 0 Å². The van der Waals surface area contributed by atoms with E-state index in [1.165, 1.54) is 4.90 Å². The van der Waals surface area contributed by atoms with Crippen molar-refractivity contribution in [1.82, 2.24) is 10.2 Å². The molecule has 0 aliphatic heterocycles. The van der Waals surface area contributed by atoms with Gasteiger partial charge in [0.15, 0.2) is 11.5 Å². The van der Waals surface area contributed by atoms with E-state index >= 15 is 0 Å². The number of para-hydroxylation sites is 2. The smallest absolute Gasteiger partial charge is 0.255 e. The third-order valence-corrected chi connectivity index (χ3v) is 4.15. The molecule has 28 heavy (non-hydrogen) atoms. The molecular formula is C21H26N2O5. The van der Waals surface area contributed by atoms with Gasteiger partial charge in [0.2, 0.25) is 5.91 Å². The number of benzene rings is 2. The summed E-state index contributed by atoms with van der Waals surface area (Å²) < 4.78 is 16.1. The van der Waals surface area contributed by atoms with E-state index in [0.717, 1.165) is 5.56 Å². The number of amides is 2. The Morgan fingerprint density at radius 2 is 1.71 bits per heavy atom. The monoisotopic (exact) mass is 386 g/mol. The number of methoxy groups -OCH3 is 2. The van der Waals surface area contributed by atoms with E-state index in [0.29, 0.717) is 36.0 Å². The lowest BCUT2D eigenvalue weighted by Crippen LogP contribution is -2.38. The first-order chi connectivity index (χ1) is 13.5. The van der Waals surface area contributed by atoms with Crippen molar-refractivity contribution in [2.45, 2.75) is 13.5 Å². The SMILES string of the molecule is CCOc1ccccc1C(=O)NCC(=O)N(C)Cc1cccc(OC)c1OC. The van der Waals surface area contributed by atoms with Gasteiger partial charge in [-0.25, -0.2) is 0 Å². The summed E-state index contributed by atoms with van der Waals surface area (Å²) in [6, 6.07) is 12.4. The van der Waals surface area contributed by atoms with Crippen molar-refractivity contribution < 1.29 is 23.8 Å². The van der Waals surface area contributed by atoms with Crippen LogP contribution >= 0.6 is 0 Å². The highest BCUT2D eigenvalue weighted by molar-refractivity contribution is 5.98. The van der Waals surface area contributed by atoms with Gasteiger partial charge in [-0.15, -0.1) is 0 Å². The van der Waals surface area contributed by atoms with E-state index in [-0.39, 0.29) is 18.4 Å². The molecule has 0 aliphatic rings. The molecule has 1 N–H and O–H groups in total. The molecule has 0 fully saturated rings. The largest absolute Gasteiger partial charge is 0.493 e. The van der Waals surface area contributed by atoms with Crippen LogP contribution in [0.3, 0.4) is 0 Å². The lowest BCUT2D eigenvalue weighted by Gasteiger charge is -2.20. The maximum atomic E-state index is 12.5. The Balaban J connectivity index is 1.99. The zero-order valence-corrected chi connectivity index (χ0v) is 16.7. The van der Waals surface area contributed by atoms with E-state index < -0.39 is 0 Å². The minimum atomic E-state index is -0.357. The predicted octanol–water partition coefficient (Wildman–Crippen LogP) is 2.49. The normalized spacial score (nSPS) is 10.1. The fraction of sp³-hybridized carbons (Fsp3) is 0.333. The Kier molecular flexibility index (Phi) is 7.68. The number of hydrogen-bond acceptors (Lipinski definition) is 5. The molecule has 2 aromatic rings. The number of carbonyl (C=O) groups excluding carboxylic acids is 2. The summed E-state index contributed by atoms with van der Waals surface area (Å²) in [7, 11) is 4.78. The molecule has 2 aromatic carbocycles. The topological polar surface area (TPSA) is 77.1 Å². The van der Waals surface area contributed by atoms with E-state index in [9.17, 15) is 9.59 Å². The van der Waals surface area contributed by atoms with Gasteiger partial charge in [-0.3, -0.25) is 9.59 Å². The van der Waals surface area contributed by atoms with Crippen LogP contribution in [0.5, 0.6) is 17.2 Å². The van der Waals surface area contributed by atoms with Crippen molar-refractivity contribution in [3.8, 4) is 17.2 Å². The summed E-state index contributed by atoms with van der Waals surface area (Å²) in [6.45, 7) is 2.50. The number of rotatable bonds is 9. The summed E-state index contributed by atoms with van der Waals surface area (Å²) in [6.07, 6.45) is 0. The molecule has 0 saturated heterocycles. The highest BCUT2D eigenvalue weighted by atomic mass is 16.5. The number of nitrogens with zero attached hydrogens (tertiary/aromatic N) is 1. The van der Waals surface area contributed by atoms with Crippen LogP contribution in [-0.2, 0) is 11.3 Å². The molecule has 0 atom stereocenters. The summed E-state index contributed by atoms with van der Waals surface area (Å²) in [5.74, 6) is 1.09. The third kappa shape index (κ3) is 5.16. The van der Waals surface area contributed by atoms with Gasteiger partial charge < -0.3 is 24.4 Å². The molecule has 0 radical (unpaired) electrons. The molecule has 0 aliphatic carbocycles. The van der Waals surface area contributed by atoms with Crippen LogP contribution in [0.15, 0.2) is 42.5 Å². The van der Waals surface area contributed by atoms with Crippen molar-refractivity contribution in [3.05, 3.63) is 53.6 Å². The summed E-state index contributed by atoms with van der Waals surface area (Å²) in [4.78, 5) is 26.4. The van der Waals surface area contributed by atoms with Gasteiger partial charge in [0.25, 0.3) is 5.91 Å². The van der Waals surface area contributed by atoms with Crippen LogP contribution in [0, 0.1) is 0 Å². The molecule has 0 bridgehead atoms. The molecule has 0 saturated carbocycles. The van der Waals surface area contributed by atoms with E-state index in [1.807, 2.05) is 19.1 Å². The van der Waals surface area contributed by atoms with Crippen LogP contribution in [0.2, 0.25) is 0 Å². The van der Waals surface area contributed by atoms with E-state index in [4.69, 9.17) is 14.2 Å². The molecule has 0 aromatic heterocycles. The van der Waals surface area contributed by atoms with Gasteiger partial charge in [0.1, 0.15) is 5.75 Å². The quantitative estimate of drug-likeness (QED) is 0.717. The fourth-order valence-corrected chi connectivity index (χ4v) is 2.74. The number of nitrogens with one attached hydrogen (secondary N) is 1. The van der Waals surface area contributed by atoms with Gasteiger partial charge in [-0.05, 0) is 25.1 Å². The first kappa shape index (κ1) is 21.1. The fourth-order valence-electron chi connectivity index (χ4n) is 2.74. The van der Waals surface area contributed by atoms with Crippen molar-refractivity contribution in [2.75, 3.05) is 34.4 Å². The summed E-state index contributed by atoms with van der Waals surface area (Å²) in [5.41, 5.74) is 1.21. The maximum absolute atomic E-state index is 12.5. The third-order valence-electron chi connectivity index (χ3n) is 4.15. The average Bonchev–Trinajstić information content (AvgIpc) is 2.72. The molecule has 2 rings (SSSR count). The lowest BCUT2D eigenvalue weighted by molar-refractivity contribution is -0.129. The Labute approximate surface area is 165 Å². The van der Waals surface area contributed by atoms with Gasteiger partial charge in [0.05, 0.1) is 32.9 Å². The highest BCUT2D eigenvalue weighted by Crippen LogP contribution is 2.31. The molecular weight excluding hydrogens is 360 g/mol. The average molecular weight is 386 g/mol. The molecule has 7 nitrogen and oxygen atoms in total. The molecule has 2 amide bonds. The molecule has 0 spiro atoms. The summed E-state index contributed by atoms with van der Waals surface area (Å²) >= 11 is 0. The molecule has 0 unspecified atom stereocenters. The second-order valence-electron chi connectivity index (χ2n) is 6.01. The Morgan fingerprint density at radius 1 is 1.00 bits per heavy atom. The summed E-state index contributed by atoms with van der Waals surface area (Å²) in [5, 5.41) is 2.65. The zero-order valence-electron chi connectivity index (χ0n) is 16.7. The van der Waals surface area contributed by atoms with Gasteiger partial charge in [-0.2, -0.15) is 0 Å². The second-order valence-corrected chi connectivity index (χ2v) is 6.01. The Hall–Kier alpha value is -3.22. The predicted molar refractivity (Wildman–Crippen MR) is 106 cm³/mol. The van der Waals surface area contributed by atoms with Crippen molar-refractivity contribution in [1.29, 1.82) is 0 Å².